The quantitative estimate of drug-likeness (QED) is 0.308. The molecule has 9 nitrogen and oxygen atoms in total. The first-order valence-corrected chi connectivity index (χ1v) is 10.2. The molecule has 1 aliphatic rings. The summed E-state index contributed by atoms with van der Waals surface area (Å²) in [4.78, 5) is 48.7. The van der Waals surface area contributed by atoms with Crippen molar-refractivity contribution in [2.24, 2.45) is 5.92 Å². The summed E-state index contributed by atoms with van der Waals surface area (Å²) in [6, 6.07) is 15.2. The van der Waals surface area contributed by atoms with Crippen LogP contribution in [0.5, 0.6) is 0 Å². The van der Waals surface area contributed by atoms with Gasteiger partial charge < -0.3 is 15.0 Å². The molecular formula is C23H23N3O6. The average molecular weight is 437 g/mol. The summed E-state index contributed by atoms with van der Waals surface area (Å²) in [6.45, 7) is 0.296. The Hall–Kier alpha value is -4.01. The molecule has 1 fully saturated rings. The number of rotatable bonds is 7. The summed E-state index contributed by atoms with van der Waals surface area (Å²) in [7, 11) is 0. The van der Waals surface area contributed by atoms with Gasteiger partial charge in [-0.05, 0) is 30.5 Å². The molecule has 1 saturated heterocycles. The van der Waals surface area contributed by atoms with Crippen LogP contribution in [0, 0.1) is 16.0 Å². The number of anilines is 1. The molecule has 0 radical (unpaired) electrons. The van der Waals surface area contributed by atoms with Gasteiger partial charge >= 0.3 is 5.97 Å². The number of benzene rings is 2. The van der Waals surface area contributed by atoms with Gasteiger partial charge in [-0.2, -0.15) is 0 Å². The van der Waals surface area contributed by atoms with E-state index < -0.39 is 29.3 Å². The van der Waals surface area contributed by atoms with Gasteiger partial charge in [-0.1, -0.05) is 42.5 Å². The second-order valence-electron chi connectivity index (χ2n) is 7.27. The van der Waals surface area contributed by atoms with Crippen molar-refractivity contribution in [2.45, 2.75) is 12.8 Å². The molecule has 1 N–H and O–H groups in total. The lowest BCUT2D eigenvalue weighted by atomic mass is 9.97. The first-order valence-electron chi connectivity index (χ1n) is 10.2. The minimum Gasteiger partial charge on any atom is -0.455 e. The second kappa shape index (κ2) is 10.9. The maximum Gasteiger partial charge on any atom is 0.309 e. The number of piperidine rings is 1. The molecule has 0 unspecified atom stereocenters. The Bertz CT molecular complexity index is 1010. The SMILES string of the molecule is O=C(COC(=O)C1CCN(C(=O)/C=C/c2ccccc2)CC1)Nc1ccccc1[N+](=O)[O-]. The highest BCUT2D eigenvalue weighted by Gasteiger charge is 2.28. The number of para-hydroxylation sites is 2. The van der Waals surface area contributed by atoms with Crippen molar-refractivity contribution in [1.82, 2.24) is 4.90 Å². The van der Waals surface area contributed by atoms with Crippen LogP contribution < -0.4 is 5.32 Å². The van der Waals surface area contributed by atoms with Gasteiger partial charge in [0.15, 0.2) is 6.61 Å². The van der Waals surface area contributed by atoms with Gasteiger partial charge in [0.05, 0.1) is 10.8 Å². The number of amides is 2. The topological polar surface area (TPSA) is 119 Å². The van der Waals surface area contributed by atoms with E-state index in [0.29, 0.717) is 25.9 Å². The van der Waals surface area contributed by atoms with Crippen LogP contribution in [0.3, 0.4) is 0 Å². The predicted molar refractivity (Wildman–Crippen MR) is 117 cm³/mol. The van der Waals surface area contributed by atoms with Gasteiger partial charge in [-0.3, -0.25) is 24.5 Å². The molecule has 166 valence electrons. The van der Waals surface area contributed by atoms with E-state index in [1.54, 1.807) is 17.0 Å². The van der Waals surface area contributed by atoms with Crippen molar-refractivity contribution in [3.8, 4) is 0 Å². The molecule has 2 aromatic rings. The van der Waals surface area contributed by atoms with E-state index in [0.717, 1.165) is 5.56 Å². The number of carbonyl (C=O) groups is 3. The number of nitrogens with zero attached hydrogens (tertiary/aromatic N) is 2. The fraction of sp³-hybridized carbons (Fsp3) is 0.261. The summed E-state index contributed by atoms with van der Waals surface area (Å²) >= 11 is 0. The normalized spacial score (nSPS) is 14.2. The molecule has 0 atom stereocenters. The van der Waals surface area contributed by atoms with Crippen LogP contribution in [0.2, 0.25) is 0 Å². The summed E-state index contributed by atoms with van der Waals surface area (Å²) in [6.07, 6.45) is 4.14. The van der Waals surface area contributed by atoms with Crippen LogP contribution >= 0.6 is 0 Å². The maximum atomic E-state index is 12.3. The van der Waals surface area contributed by atoms with E-state index in [2.05, 4.69) is 5.32 Å². The zero-order chi connectivity index (χ0) is 22.9. The second-order valence-corrected chi connectivity index (χ2v) is 7.27. The number of nitrogens with one attached hydrogen (secondary N) is 1. The number of esters is 1. The molecular weight excluding hydrogens is 414 g/mol. The number of nitro benzene ring substituents is 1. The number of hydrogen-bond donors (Lipinski definition) is 1. The van der Waals surface area contributed by atoms with Crippen LogP contribution in [0.4, 0.5) is 11.4 Å². The lowest BCUT2D eigenvalue weighted by molar-refractivity contribution is -0.383. The number of carbonyl (C=O) groups excluding carboxylic acids is 3. The van der Waals surface area contributed by atoms with Gasteiger partial charge in [-0.15, -0.1) is 0 Å². The molecule has 32 heavy (non-hydrogen) atoms. The van der Waals surface area contributed by atoms with Crippen molar-refractivity contribution >= 4 is 35.2 Å². The first kappa shape index (κ1) is 22.7. The van der Waals surface area contributed by atoms with Gasteiger partial charge in [-0.25, -0.2) is 0 Å². The van der Waals surface area contributed by atoms with E-state index >= 15 is 0 Å². The highest BCUT2D eigenvalue weighted by Crippen LogP contribution is 2.23. The number of hydrogen-bond acceptors (Lipinski definition) is 6. The third-order valence-electron chi connectivity index (χ3n) is 5.08. The van der Waals surface area contributed by atoms with Crippen LogP contribution in [-0.4, -0.2) is 47.3 Å². The average Bonchev–Trinajstić information content (AvgIpc) is 2.82. The molecule has 0 bridgehead atoms. The zero-order valence-corrected chi connectivity index (χ0v) is 17.3. The predicted octanol–water partition coefficient (Wildman–Crippen LogP) is 3.03. The smallest absolute Gasteiger partial charge is 0.309 e. The monoisotopic (exact) mass is 437 g/mol. The van der Waals surface area contributed by atoms with Crippen LogP contribution in [0.1, 0.15) is 18.4 Å². The summed E-state index contributed by atoms with van der Waals surface area (Å²) in [5.74, 6) is -1.71. The molecule has 0 aromatic heterocycles. The number of nitro groups is 1. The minimum absolute atomic E-state index is 0.0360. The van der Waals surface area contributed by atoms with Crippen LogP contribution in [0.15, 0.2) is 60.7 Å². The standard InChI is InChI=1S/C23H23N3O6/c27-21(24-19-8-4-5-9-20(19)26(30)31)16-32-23(29)18-12-14-25(15-13-18)22(28)11-10-17-6-2-1-3-7-17/h1-11,18H,12-16H2,(H,24,27)/b11-10+. The highest BCUT2D eigenvalue weighted by molar-refractivity contribution is 5.95. The van der Waals surface area contributed by atoms with E-state index in [9.17, 15) is 24.5 Å². The van der Waals surface area contributed by atoms with Gasteiger partial charge in [0.25, 0.3) is 11.6 Å². The Morgan fingerprint density at radius 3 is 2.41 bits per heavy atom. The fourth-order valence-corrected chi connectivity index (χ4v) is 3.35. The third kappa shape index (κ3) is 6.24. The molecule has 2 aromatic carbocycles. The summed E-state index contributed by atoms with van der Waals surface area (Å²) in [5, 5.41) is 13.4. The summed E-state index contributed by atoms with van der Waals surface area (Å²) < 4.78 is 5.08. The van der Waals surface area contributed by atoms with E-state index in [1.807, 2.05) is 30.3 Å². The Labute approximate surface area is 184 Å². The van der Waals surface area contributed by atoms with Gasteiger partial charge in [0, 0.05) is 25.2 Å². The molecule has 0 aliphatic carbocycles. The lowest BCUT2D eigenvalue weighted by Gasteiger charge is -2.30. The minimum atomic E-state index is -0.661. The number of likely N-dealkylation sites (tertiary alicyclic amines) is 1. The van der Waals surface area contributed by atoms with Crippen LogP contribution in [0.25, 0.3) is 6.08 Å². The Morgan fingerprint density at radius 2 is 1.72 bits per heavy atom. The summed E-state index contributed by atoms with van der Waals surface area (Å²) in [5.41, 5.74) is 0.720. The highest BCUT2D eigenvalue weighted by atomic mass is 16.6. The molecule has 9 heteroatoms. The van der Waals surface area contributed by atoms with E-state index in [1.165, 1.54) is 24.3 Å². The number of ether oxygens (including phenoxy) is 1. The fourth-order valence-electron chi connectivity index (χ4n) is 3.35. The Balaban J connectivity index is 1.42. The van der Waals surface area contributed by atoms with Crippen molar-refractivity contribution in [1.29, 1.82) is 0 Å². The molecule has 1 heterocycles. The maximum absolute atomic E-state index is 12.3. The van der Waals surface area contributed by atoms with Crippen molar-refractivity contribution in [3.63, 3.8) is 0 Å². The van der Waals surface area contributed by atoms with Crippen molar-refractivity contribution in [2.75, 3.05) is 25.0 Å². The lowest BCUT2D eigenvalue weighted by Crippen LogP contribution is -2.40. The molecule has 3 rings (SSSR count). The van der Waals surface area contributed by atoms with E-state index in [-0.39, 0.29) is 17.3 Å². The van der Waals surface area contributed by atoms with Gasteiger partial charge in [0.1, 0.15) is 5.69 Å². The molecule has 0 saturated carbocycles. The van der Waals surface area contributed by atoms with Crippen LogP contribution in [-0.2, 0) is 19.1 Å². The zero-order valence-electron chi connectivity index (χ0n) is 17.3. The Kier molecular flexibility index (Phi) is 7.69. The third-order valence-corrected chi connectivity index (χ3v) is 5.08. The first-order chi connectivity index (χ1) is 15.4. The van der Waals surface area contributed by atoms with Crippen molar-refractivity contribution < 1.29 is 24.0 Å². The largest absolute Gasteiger partial charge is 0.455 e. The molecule has 0 spiro atoms. The van der Waals surface area contributed by atoms with Crippen molar-refractivity contribution in [3.05, 3.63) is 76.4 Å². The van der Waals surface area contributed by atoms with Gasteiger partial charge in [0.2, 0.25) is 5.91 Å². The Morgan fingerprint density at radius 1 is 1.06 bits per heavy atom. The molecule has 1 aliphatic heterocycles. The molecule has 2 amide bonds. The van der Waals surface area contributed by atoms with E-state index in [4.69, 9.17) is 4.74 Å².